The molecule has 1 unspecified atom stereocenters. The van der Waals surface area contributed by atoms with Crippen molar-refractivity contribution < 1.29 is 14.6 Å². The maximum absolute atomic E-state index is 11.0. The number of aromatic carboxylic acids is 1. The van der Waals surface area contributed by atoms with Crippen molar-refractivity contribution in [1.82, 2.24) is 19.9 Å². The van der Waals surface area contributed by atoms with Crippen molar-refractivity contribution in [1.29, 1.82) is 0 Å². The third kappa shape index (κ3) is 1.83. The molecule has 2 aromatic heterocycles. The molecule has 3 heterocycles. The molecule has 0 bridgehead atoms. The van der Waals surface area contributed by atoms with Gasteiger partial charge < -0.3 is 15.2 Å². The molecule has 1 saturated heterocycles. The number of hydrogen-bond acceptors (Lipinski definition) is 5. The van der Waals surface area contributed by atoms with Gasteiger partial charge in [-0.1, -0.05) is 0 Å². The van der Waals surface area contributed by atoms with Gasteiger partial charge in [0.2, 0.25) is 0 Å². The molecule has 18 heavy (non-hydrogen) atoms. The first kappa shape index (κ1) is 11.1. The van der Waals surface area contributed by atoms with Crippen molar-refractivity contribution in [2.45, 2.75) is 6.10 Å². The van der Waals surface area contributed by atoms with Gasteiger partial charge in [-0.05, 0) is 6.07 Å². The van der Waals surface area contributed by atoms with E-state index >= 15 is 0 Å². The minimum Gasteiger partial charge on any atom is -0.477 e. The molecule has 3 rings (SSSR count). The molecule has 0 radical (unpaired) electrons. The van der Waals surface area contributed by atoms with Crippen LogP contribution in [0.25, 0.3) is 5.65 Å². The van der Waals surface area contributed by atoms with Crippen molar-refractivity contribution in [2.75, 3.05) is 19.7 Å². The maximum atomic E-state index is 11.0. The Morgan fingerprint density at radius 3 is 3.22 bits per heavy atom. The molecular weight excluding hydrogens is 236 g/mol. The number of hydrogen-bond donors (Lipinski definition) is 2. The van der Waals surface area contributed by atoms with Crippen molar-refractivity contribution in [3.63, 3.8) is 0 Å². The third-order valence-electron chi connectivity index (χ3n) is 2.88. The standard InChI is InChI=1S/C11H12N4O3/c16-11(17)7-5-13-15-3-1-8(14-10(7)15)9-6-12-2-4-18-9/h1,3,5,9,12H,2,4,6H2,(H,16,17). The molecule has 94 valence electrons. The zero-order valence-corrected chi connectivity index (χ0v) is 9.54. The average Bonchev–Trinajstić information content (AvgIpc) is 2.82. The Balaban J connectivity index is 2.03. The highest BCUT2D eigenvalue weighted by atomic mass is 16.5. The van der Waals surface area contributed by atoms with E-state index < -0.39 is 5.97 Å². The first-order valence-corrected chi connectivity index (χ1v) is 5.65. The monoisotopic (exact) mass is 248 g/mol. The van der Waals surface area contributed by atoms with E-state index in [9.17, 15) is 4.79 Å². The first-order chi connectivity index (χ1) is 8.75. The van der Waals surface area contributed by atoms with Gasteiger partial charge >= 0.3 is 5.97 Å². The third-order valence-corrected chi connectivity index (χ3v) is 2.88. The van der Waals surface area contributed by atoms with Gasteiger partial charge in [-0.15, -0.1) is 0 Å². The second-order valence-corrected chi connectivity index (χ2v) is 4.05. The van der Waals surface area contributed by atoms with Gasteiger partial charge in [0.1, 0.15) is 11.7 Å². The maximum Gasteiger partial charge on any atom is 0.341 e. The number of ether oxygens (including phenoxy) is 1. The molecule has 2 aromatic rings. The van der Waals surface area contributed by atoms with Gasteiger partial charge in [0.05, 0.1) is 18.5 Å². The summed E-state index contributed by atoms with van der Waals surface area (Å²) >= 11 is 0. The Bertz CT molecular complexity index is 589. The van der Waals surface area contributed by atoms with Crippen LogP contribution in [0.15, 0.2) is 18.5 Å². The Hall–Kier alpha value is -1.99. The fourth-order valence-corrected chi connectivity index (χ4v) is 1.97. The molecular formula is C11H12N4O3. The lowest BCUT2D eigenvalue weighted by molar-refractivity contribution is 0.0251. The minimum absolute atomic E-state index is 0.0978. The molecule has 1 aliphatic rings. The van der Waals surface area contributed by atoms with Crippen LogP contribution < -0.4 is 5.32 Å². The quantitative estimate of drug-likeness (QED) is 0.783. The summed E-state index contributed by atoms with van der Waals surface area (Å²) in [5.74, 6) is -1.03. The Morgan fingerprint density at radius 2 is 2.50 bits per heavy atom. The van der Waals surface area contributed by atoms with E-state index in [1.807, 2.05) is 0 Å². The minimum atomic E-state index is -1.03. The van der Waals surface area contributed by atoms with Crippen molar-refractivity contribution in [3.8, 4) is 0 Å². The molecule has 1 aliphatic heterocycles. The second-order valence-electron chi connectivity index (χ2n) is 4.05. The predicted octanol–water partition coefficient (Wildman–Crippen LogP) is 0.0884. The van der Waals surface area contributed by atoms with E-state index in [-0.39, 0.29) is 11.7 Å². The smallest absolute Gasteiger partial charge is 0.341 e. The normalized spacial score (nSPS) is 20.1. The molecule has 1 atom stereocenters. The number of morpholine rings is 1. The van der Waals surface area contributed by atoms with Crippen LogP contribution in [0.3, 0.4) is 0 Å². The van der Waals surface area contributed by atoms with Gasteiger partial charge in [-0.2, -0.15) is 5.10 Å². The van der Waals surface area contributed by atoms with E-state index in [0.717, 1.165) is 12.2 Å². The van der Waals surface area contributed by atoms with Gasteiger partial charge in [0.15, 0.2) is 5.65 Å². The number of fused-ring (bicyclic) bond motifs is 1. The summed E-state index contributed by atoms with van der Waals surface area (Å²) in [6, 6.07) is 1.79. The van der Waals surface area contributed by atoms with Crippen LogP contribution in [0.4, 0.5) is 0 Å². The number of nitrogens with one attached hydrogen (secondary N) is 1. The summed E-state index contributed by atoms with van der Waals surface area (Å²) in [6.45, 7) is 2.13. The molecule has 0 amide bonds. The topological polar surface area (TPSA) is 88.8 Å². The number of carbonyl (C=O) groups is 1. The molecule has 2 N–H and O–H groups in total. The Morgan fingerprint density at radius 1 is 1.61 bits per heavy atom. The van der Waals surface area contributed by atoms with Crippen LogP contribution in [0.2, 0.25) is 0 Å². The average molecular weight is 248 g/mol. The van der Waals surface area contributed by atoms with Crippen LogP contribution in [-0.2, 0) is 4.74 Å². The molecule has 7 heteroatoms. The van der Waals surface area contributed by atoms with Gasteiger partial charge in [-0.3, -0.25) is 0 Å². The summed E-state index contributed by atoms with van der Waals surface area (Å²) < 4.78 is 7.04. The summed E-state index contributed by atoms with van der Waals surface area (Å²) in [6.07, 6.45) is 2.86. The number of rotatable bonds is 2. The summed E-state index contributed by atoms with van der Waals surface area (Å²) in [4.78, 5) is 15.4. The number of aromatic nitrogens is 3. The molecule has 0 spiro atoms. The Labute approximate surface area is 102 Å². The Kier molecular flexibility index (Phi) is 2.69. The van der Waals surface area contributed by atoms with Crippen molar-refractivity contribution >= 4 is 11.6 Å². The molecule has 0 saturated carbocycles. The molecule has 7 nitrogen and oxygen atoms in total. The van der Waals surface area contributed by atoms with Crippen LogP contribution >= 0.6 is 0 Å². The van der Waals surface area contributed by atoms with Gasteiger partial charge in [0, 0.05) is 19.3 Å². The lowest BCUT2D eigenvalue weighted by Gasteiger charge is -2.23. The number of carboxylic acid groups (broad SMARTS) is 1. The van der Waals surface area contributed by atoms with Crippen LogP contribution in [-0.4, -0.2) is 45.4 Å². The van der Waals surface area contributed by atoms with E-state index in [0.29, 0.717) is 18.8 Å². The lowest BCUT2D eigenvalue weighted by Crippen LogP contribution is -2.33. The first-order valence-electron chi connectivity index (χ1n) is 5.65. The predicted molar refractivity (Wildman–Crippen MR) is 61.5 cm³/mol. The van der Waals surface area contributed by atoms with Crippen molar-refractivity contribution in [2.24, 2.45) is 0 Å². The second kappa shape index (κ2) is 4.35. The summed E-state index contributed by atoms with van der Waals surface area (Å²) in [5, 5.41) is 16.2. The van der Waals surface area contributed by atoms with Crippen LogP contribution in [0.1, 0.15) is 22.2 Å². The highest BCUT2D eigenvalue weighted by Crippen LogP contribution is 2.18. The summed E-state index contributed by atoms with van der Waals surface area (Å²) in [7, 11) is 0. The number of carboxylic acids is 1. The fourth-order valence-electron chi connectivity index (χ4n) is 1.97. The molecule has 1 fully saturated rings. The lowest BCUT2D eigenvalue weighted by atomic mass is 10.2. The van der Waals surface area contributed by atoms with Gasteiger partial charge in [-0.25, -0.2) is 14.3 Å². The SMILES string of the molecule is O=C(O)c1cnn2ccc(C3CNCCO3)nc12. The fraction of sp³-hybridized carbons (Fsp3) is 0.364. The highest BCUT2D eigenvalue weighted by molar-refractivity contribution is 5.94. The molecule has 0 aliphatic carbocycles. The van der Waals surface area contributed by atoms with Crippen LogP contribution in [0.5, 0.6) is 0 Å². The van der Waals surface area contributed by atoms with E-state index in [2.05, 4.69) is 15.4 Å². The zero-order valence-electron chi connectivity index (χ0n) is 9.54. The largest absolute Gasteiger partial charge is 0.477 e. The van der Waals surface area contributed by atoms with Crippen LogP contribution in [0, 0.1) is 0 Å². The van der Waals surface area contributed by atoms with E-state index in [1.54, 1.807) is 12.3 Å². The van der Waals surface area contributed by atoms with Gasteiger partial charge in [0.25, 0.3) is 0 Å². The van der Waals surface area contributed by atoms with E-state index in [4.69, 9.17) is 9.84 Å². The number of nitrogens with zero attached hydrogens (tertiary/aromatic N) is 3. The van der Waals surface area contributed by atoms with Crippen molar-refractivity contribution in [3.05, 3.63) is 29.7 Å². The van der Waals surface area contributed by atoms with E-state index in [1.165, 1.54) is 10.7 Å². The summed E-state index contributed by atoms with van der Waals surface area (Å²) in [5.41, 5.74) is 1.16. The molecule has 0 aromatic carbocycles. The highest BCUT2D eigenvalue weighted by Gasteiger charge is 2.19. The zero-order chi connectivity index (χ0) is 12.5.